The van der Waals surface area contributed by atoms with E-state index in [1.54, 1.807) is 38.1 Å². The van der Waals surface area contributed by atoms with Crippen molar-refractivity contribution in [3.05, 3.63) is 69.4 Å². The predicted octanol–water partition coefficient (Wildman–Crippen LogP) is 5.31. The van der Waals surface area contributed by atoms with Crippen molar-refractivity contribution in [1.82, 2.24) is 4.98 Å². The Bertz CT molecular complexity index is 1100. The summed E-state index contributed by atoms with van der Waals surface area (Å²) in [7, 11) is 0. The number of hydrogen-bond acceptors (Lipinski definition) is 4. The lowest BCUT2D eigenvalue weighted by Crippen LogP contribution is -2.30. The first-order valence-electron chi connectivity index (χ1n) is 9.32. The van der Waals surface area contributed by atoms with Crippen molar-refractivity contribution >= 4 is 40.1 Å². The van der Waals surface area contributed by atoms with Crippen molar-refractivity contribution in [2.24, 2.45) is 0 Å². The molecule has 1 unspecified atom stereocenters. The van der Waals surface area contributed by atoms with Crippen molar-refractivity contribution in [2.75, 3.05) is 5.32 Å². The van der Waals surface area contributed by atoms with E-state index >= 15 is 0 Å². The summed E-state index contributed by atoms with van der Waals surface area (Å²) < 4.78 is 5.41. The monoisotopic (exact) mass is 410 g/mol. The molecule has 1 atom stereocenters. The van der Waals surface area contributed by atoms with Crippen LogP contribution in [-0.4, -0.2) is 23.0 Å². The Hall–Kier alpha value is -2.92. The first-order valence-corrected chi connectivity index (χ1v) is 9.70. The normalized spacial score (nSPS) is 11.9. The zero-order valence-electron chi connectivity index (χ0n) is 17.1. The number of halogens is 1. The number of anilines is 1. The summed E-state index contributed by atoms with van der Waals surface area (Å²) in [6, 6.07) is 10.9. The number of ether oxygens (including phenoxy) is 1. The number of fused-ring (bicyclic) bond motifs is 1. The molecule has 3 rings (SSSR count). The maximum absolute atomic E-state index is 12.7. The lowest BCUT2D eigenvalue weighted by atomic mass is 10.0. The van der Waals surface area contributed by atoms with Crippen molar-refractivity contribution in [2.45, 2.75) is 40.7 Å². The van der Waals surface area contributed by atoms with Gasteiger partial charge in [-0.25, -0.2) is 4.79 Å². The van der Waals surface area contributed by atoms with Crippen molar-refractivity contribution in [1.29, 1.82) is 0 Å². The molecule has 2 aromatic carbocycles. The largest absolute Gasteiger partial charge is 0.449 e. The molecule has 5 nitrogen and oxygen atoms in total. The van der Waals surface area contributed by atoms with Crippen molar-refractivity contribution in [3.63, 3.8) is 0 Å². The molecule has 0 bridgehead atoms. The first kappa shape index (κ1) is 20.8. The fourth-order valence-corrected chi connectivity index (χ4v) is 3.51. The number of hydrogen-bond donors (Lipinski definition) is 1. The summed E-state index contributed by atoms with van der Waals surface area (Å²) in [5.74, 6) is -0.986. The Kier molecular flexibility index (Phi) is 5.89. The second kappa shape index (κ2) is 8.21. The highest BCUT2D eigenvalue weighted by atomic mass is 35.5. The number of carbonyl (C=O) groups excluding carboxylic acids is 2. The van der Waals surface area contributed by atoms with Gasteiger partial charge in [0.25, 0.3) is 5.91 Å². The van der Waals surface area contributed by atoms with Gasteiger partial charge in [-0.2, -0.15) is 0 Å². The maximum Gasteiger partial charge on any atom is 0.340 e. The van der Waals surface area contributed by atoms with Gasteiger partial charge in [0, 0.05) is 16.1 Å². The number of benzene rings is 2. The molecule has 1 amide bonds. The van der Waals surface area contributed by atoms with Gasteiger partial charge in [-0.3, -0.25) is 9.78 Å². The number of amides is 1. The van der Waals surface area contributed by atoms with Crippen LogP contribution >= 0.6 is 11.6 Å². The Morgan fingerprint density at radius 2 is 1.69 bits per heavy atom. The molecule has 1 N–H and O–H groups in total. The number of nitrogens with zero attached hydrogens (tertiary/aromatic N) is 1. The molecule has 29 heavy (non-hydrogen) atoms. The third-order valence-corrected chi connectivity index (χ3v) is 5.00. The Labute approximate surface area is 175 Å². The van der Waals surface area contributed by atoms with Gasteiger partial charge in [-0.1, -0.05) is 29.3 Å². The van der Waals surface area contributed by atoms with E-state index in [-0.39, 0.29) is 5.91 Å². The van der Waals surface area contributed by atoms with Gasteiger partial charge < -0.3 is 10.1 Å². The van der Waals surface area contributed by atoms with Crippen LogP contribution in [0.1, 0.15) is 39.7 Å². The molecule has 1 aromatic heterocycles. The van der Waals surface area contributed by atoms with Crippen LogP contribution in [0, 0.1) is 27.7 Å². The van der Waals surface area contributed by atoms with Crippen LogP contribution in [0.4, 0.5) is 5.69 Å². The average molecular weight is 411 g/mol. The van der Waals surface area contributed by atoms with Crippen LogP contribution in [0.2, 0.25) is 5.02 Å². The zero-order chi connectivity index (χ0) is 21.3. The first-order chi connectivity index (χ1) is 13.7. The SMILES string of the molecule is Cc1cc(C)c(NC(=O)C(C)OC(=O)c2cc3cc(Cl)ccc3nc2C)c(C)c1. The minimum absolute atomic E-state index is 0.308. The number of aryl methyl sites for hydroxylation is 4. The van der Waals surface area contributed by atoms with E-state index in [1.807, 2.05) is 32.9 Å². The van der Waals surface area contributed by atoms with E-state index in [2.05, 4.69) is 10.3 Å². The second-order valence-corrected chi connectivity index (χ2v) is 7.71. The topological polar surface area (TPSA) is 68.3 Å². The molecule has 0 fully saturated rings. The van der Waals surface area contributed by atoms with Crippen molar-refractivity contribution in [3.8, 4) is 0 Å². The minimum Gasteiger partial charge on any atom is -0.449 e. The highest BCUT2D eigenvalue weighted by Crippen LogP contribution is 2.23. The molecule has 3 aromatic rings. The summed E-state index contributed by atoms with van der Waals surface area (Å²) in [5, 5.41) is 4.15. The molecule has 0 spiro atoms. The Morgan fingerprint density at radius 1 is 1.03 bits per heavy atom. The lowest BCUT2D eigenvalue weighted by molar-refractivity contribution is -0.123. The summed E-state index contributed by atoms with van der Waals surface area (Å²) in [5.41, 5.74) is 5.35. The number of nitrogens with one attached hydrogen (secondary N) is 1. The van der Waals surface area contributed by atoms with Crippen LogP contribution in [-0.2, 0) is 9.53 Å². The third kappa shape index (κ3) is 4.57. The van der Waals surface area contributed by atoms with Gasteiger partial charge >= 0.3 is 5.97 Å². The summed E-state index contributed by atoms with van der Waals surface area (Å²) in [6.45, 7) is 9.15. The Balaban J connectivity index is 1.77. The summed E-state index contributed by atoms with van der Waals surface area (Å²) >= 11 is 6.03. The van der Waals surface area contributed by atoms with E-state index in [1.165, 1.54) is 0 Å². The molecule has 150 valence electrons. The van der Waals surface area contributed by atoms with E-state index in [0.717, 1.165) is 33.3 Å². The number of aromatic nitrogens is 1. The van der Waals surface area contributed by atoms with Crippen LogP contribution in [0.3, 0.4) is 0 Å². The molecule has 0 saturated carbocycles. The molecule has 0 aliphatic carbocycles. The smallest absolute Gasteiger partial charge is 0.340 e. The minimum atomic E-state index is -0.961. The van der Waals surface area contributed by atoms with E-state index < -0.39 is 12.1 Å². The standard InChI is InChI=1S/C23H23ClN2O3/c1-12-8-13(2)21(14(3)9-12)26-22(27)16(5)29-23(28)19-11-17-10-18(24)6-7-20(17)25-15(19)4/h6-11,16H,1-5H3,(H,26,27). The van der Waals surface area contributed by atoms with Crippen LogP contribution in [0.5, 0.6) is 0 Å². The zero-order valence-corrected chi connectivity index (χ0v) is 17.8. The molecular formula is C23H23ClN2O3. The number of pyridine rings is 1. The van der Waals surface area contributed by atoms with E-state index in [0.29, 0.717) is 16.3 Å². The molecular weight excluding hydrogens is 388 g/mol. The van der Waals surface area contributed by atoms with Gasteiger partial charge in [0.05, 0.1) is 16.8 Å². The third-order valence-electron chi connectivity index (χ3n) is 4.77. The fraction of sp³-hybridized carbons (Fsp3) is 0.261. The van der Waals surface area contributed by atoms with Gasteiger partial charge in [0.15, 0.2) is 6.10 Å². The fourth-order valence-electron chi connectivity index (χ4n) is 3.33. The van der Waals surface area contributed by atoms with Crippen molar-refractivity contribution < 1.29 is 14.3 Å². The van der Waals surface area contributed by atoms with Gasteiger partial charge in [0.2, 0.25) is 0 Å². The van der Waals surface area contributed by atoms with E-state index in [4.69, 9.17) is 16.3 Å². The number of carbonyl (C=O) groups is 2. The summed E-state index contributed by atoms with van der Waals surface area (Å²) in [4.78, 5) is 29.7. The highest BCUT2D eigenvalue weighted by molar-refractivity contribution is 6.31. The lowest BCUT2D eigenvalue weighted by Gasteiger charge is -2.17. The van der Waals surface area contributed by atoms with Gasteiger partial charge in [-0.15, -0.1) is 0 Å². The average Bonchev–Trinajstić information content (AvgIpc) is 2.64. The molecule has 1 heterocycles. The highest BCUT2D eigenvalue weighted by Gasteiger charge is 2.22. The predicted molar refractivity (Wildman–Crippen MR) is 116 cm³/mol. The van der Waals surface area contributed by atoms with Gasteiger partial charge in [-0.05, 0) is 70.0 Å². The van der Waals surface area contributed by atoms with Crippen LogP contribution in [0.25, 0.3) is 10.9 Å². The quantitative estimate of drug-likeness (QED) is 0.592. The molecule has 0 radical (unpaired) electrons. The second-order valence-electron chi connectivity index (χ2n) is 7.27. The maximum atomic E-state index is 12.7. The number of rotatable bonds is 4. The van der Waals surface area contributed by atoms with Crippen LogP contribution in [0.15, 0.2) is 36.4 Å². The number of esters is 1. The molecule has 6 heteroatoms. The van der Waals surface area contributed by atoms with Crippen LogP contribution < -0.4 is 5.32 Å². The molecule has 0 aliphatic rings. The summed E-state index contributed by atoms with van der Waals surface area (Å²) in [6.07, 6.45) is -0.961. The molecule has 0 aliphatic heterocycles. The Morgan fingerprint density at radius 3 is 2.34 bits per heavy atom. The molecule has 0 saturated heterocycles. The van der Waals surface area contributed by atoms with E-state index in [9.17, 15) is 9.59 Å². The van der Waals surface area contributed by atoms with Gasteiger partial charge in [0.1, 0.15) is 0 Å².